The molecule has 4 heteroatoms. The van der Waals surface area contributed by atoms with Gasteiger partial charge in [-0.25, -0.2) is 0 Å². The lowest BCUT2D eigenvalue weighted by molar-refractivity contribution is 0.0519. The summed E-state index contributed by atoms with van der Waals surface area (Å²) in [5, 5.41) is 3.71. The van der Waals surface area contributed by atoms with Crippen molar-refractivity contribution in [1.82, 2.24) is 10.2 Å². The van der Waals surface area contributed by atoms with Crippen LogP contribution in [0.25, 0.3) is 0 Å². The van der Waals surface area contributed by atoms with E-state index >= 15 is 0 Å². The second-order valence-electron chi connectivity index (χ2n) is 7.60. The molecule has 0 bridgehead atoms. The van der Waals surface area contributed by atoms with Gasteiger partial charge in [-0.15, -0.1) is 0 Å². The molecule has 0 spiro atoms. The molecular weight excluding hydrogens is 240 g/mol. The molecule has 1 aliphatic heterocycles. The highest BCUT2D eigenvalue weighted by Gasteiger charge is 2.39. The predicted octanol–water partition coefficient (Wildman–Crippen LogP) is 2.69. The molecule has 0 aliphatic carbocycles. The Labute approximate surface area is 114 Å². The molecule has 0 amide bonds. The van der Waals surface area contributed by atoms with Crippen molar-refractivity contribution in [1.29, 1.82) is 0 Å². The minimum absolute atomic E-state index is 0.150. The zero-order valence-corrected chi connectivity index (χ0v) is 14.4. The maximum Gasteiger partial charge on any atom is 0.192 e. The maximum atomic E-state index is 6.39. The molecule has 1 aliphatic rings. The summed E-state index contributed by atoms with van der Waals surface area (Å²) in [5.41, 5.74) is 0.150. The van der Waals surface area contributed by atoms with Gasteiger partial charge in [0.1, 0.15) is 0 Å². The van der Waals surface area contributed by atoms with Gasteiger partial charge in [-0.3, -0.25) is 4.90 Å². The first-order valence-electron chi connectivity index (χ1n) is 7.16. The Hall–Kier alpha value is 0.0969. The summed E-state index contributed by atoms with van der Waals surface area (Å²) in [6.45, 7) is 21.5. The van der Waals surface area contributed by atoms with E-state index in [1.807, 2.05) is 0 Å². The lowest BCUT2D eigenvalue weighted by atomic mass is 10.0. The van der Waals surface area contributed by atoms with Crippen LogP contribution in [0.1, 0.15) is 34.6 Å². The summed E-state index contributed by atoms with van der Waals surface area (Å²) < 4.78 is 6.39. The Kier molecular flexibility index (Phi) is 5.04. The summed E-state index contributed by atoms with van der Waals surface area (Å²) in [6.07, 6.45) is 0. The van der Waals surface area contributed by atoms with Crippen LogP contribution >= 0.6 is 0 Å². The molecule has 0 atom stereocenters. The van der Waals surface area contributed by atoms with Gasteiger partial charge < -0.3 is 9.74 Å². The van der Waals surface area contributed by atoms with E-state index in [1.54, 1.807) is 0 Å². The average Bonchev–Trinajstić information content (AvgIpc) is 2.26. The van der Waals surface area contributed by atoms with E-state index in [0.717, 1.165) is 32.8 Å². The molecule has 1 heterocycles. The van der Waals surface area contributed by atoms with Crippen molar-refractivity contribution in [3.8, 4) is 0 Å². The summed E-state index contributed by atoms with van der Waals surface area (Å²) in [5.74, 6) is 0. The van der Waals surface area contributed by atoms with Gasteiger partial charge in [-0.1, -0.05) is 20.8 Å². The molecule has 0 aromatic heterocycles. The normalized spacial score (nSPS) is 20.2. The third-order valence-electron chi connectivity index (χ3n) is 4.57. The molecule has 1 fully saturated rings. The molecule has 1 N–H and O–H groups in total. The van der Waals surface area contributed by atoms with E-state index < -0.39 is 8.32 Å². The third kappa shape index (κ3) is 4.05. The fourth-order valence-electron chi connectivity index (χ4n) is 1.93. The van der Waals surface area contributed by atoms with Crippen molar-refractivity contribution in [2.75, 3.05) is 32.8 Å². The van der Waals surface area contributed by atoms with Gasteiger partial charge in [-0.2, -0.15) is 0 Å². The Bertz CT molecular complexity index is 265. The highest BCUT2D eigenvalue weighted by atomic mass is 28.4. The smallest absolute Gasteiger partial charge is 0.192 e. The molecule has 0 saturated carbocycles. The first-order chi connectivity index (χ1) is 8.06. The minimum atomic E-state index is -1.62. The standard InChI is InChI=1S/C14H32N2OSi/c1-13(2,3)18(6,7)17-12-14(4,5)16-10-8-15-9-11-16/h15H,8-12H2,1-7H3. The quantitative estimate of drug-likeness (QED) is 0.796. The number of piperazine rings is 1. The lowest BCUT2D eigenvalue weighted by Gasteiger charge is -2.44. The first kappa shape index (κ1) is 16.2. The van der Waals surface area contributed by atoms with E-state index in [4.69, 9.17) is 4.43 Å². The van der Waals surface area contributed by atoms with Crippen LogP contribution in [-0.4, -0.2) is 51.5 Å². The Balaban J connectivity index is 2.55. The molecule has 0 aromatic rings. The molecule has 0 unspecified atom stereocenters. The van der Waals surface area contributed by atoms with Crippen LogP contribution in [0, 0.1) is 0 Å². The highest BCUT2D eigenvalue weighted by Crippen LogP contribution is 2.37. The highest BCUT2D eigenvalue weighted by molar-refractivity contribution is 6.74. The van der Waals surface area contributed by atoms with Crippen LogP contribution in [0.4, 0.5) is 0 Å². The van der Waals surface area contributed by atoms with Crippen molar-refractivity contribution < 1.29 is 4.43 Å². The summed E-state index contributed by atoms with van der Waals surface area (Å²) >= 11 is 0. The van der Waals surface area contributed by atoms with E-state index in [0.29, 0.717) is 5.04 Å². The minimum Gasteiger partial charge on any atom is -0.415 e. The topological polar surface area (TPSA) is 24.5 Å². The van der Waals surface area contributed by atoms with Gasteiger partial charge in [0.2, 0.25) is 0 Å². The van der Waals surface area contributed by atoms with Crippen molar-refractivity contribution in [2.24, 2.45) is 0 Å². The monoisotopic (exact) mass is 272 g/mol. The molecule has 108 valence electrons. The number of nitrogens with one attached hydrogen (secondary N) is 1. The molecule has 0 aromatic carbocycles. The molecular formula is C14H32N2OSi. The Morgan fingerprint density at radius 2 is 1.56 bits per heavy atom. The van der Waals surface area contributed by atoms with Gasteiger partial charge in [0, 0.05) is 31.7 Å². The lowest BCUT2D eigenvalue weighted by Crippen LogP contribution is -2.57. The number of hydrogen-bond donors (Lipinski definition) is 1. The summed E-state index contributed by atoms with van der Waals surface area (Å²) in [4.78, 5) is 2.55. The number of hydrogen-bond acceptors (Lipinski definition) is 3. The van der Waals surface area contributed by atoms with Crippen LogP contribution in [0.2, 0.25) is 18.1 Å². The van der Waals surface area contributed by atoms with E-state index in [-0.39, 0.29) is 5.54 Å². The second kappa shape index (κ2) is 5.61. The number of nitrogens with zero attached hydrogens (tertiary/aromatic N) is 1. The van der Waals surface area contributed by atoms with Crippen molar-refractivity contribution in [2.45, 2.75) is 58.3 Å². The first-order valence-corrected chi connectivity index (χ1v) is 10.1. The average molecular weight is 273 g/mol. The third-order valence-corrected chi connectivity index (χ3v) is 9.04. The second-order valence-corrected chi connectivity index (χ2v) is 12.4. The molecule has 0 radical (unpaired) electrons. The molecule has 1 rings (SSSR count). The fraction of sp³-hybridized carbons (Fsp3) is 1.00. The van der Waals surface area contributed by atoms with Crippen LogP contribution in [0.3, 0.4) is 0 Å². The largest absolute Gasteiger partial charge is 0.415 e. The SMILES string of the molecule is CC(C)(CO[Si](C)(C)C(C)(C)C)N1CCNCC1. The van der Waals surface area contributed by atoms with Gasteiger partial charge in [-0.05, 0) is 32.0 Å². The predicted molar refractivity (Wildman–Crippen MR) is 81.7 cm³/mol. The van der Waals surface area contributed by atoms with E-state index in [9.17, 15) is 0 Å². The van der Waals surface area contributed by atoms with Crippen molar-refractivity contribution >= 4 is 8.32 Å². The van der Waals surface area contributed by atoms with Crippen LogP contribution in [0.15, 0.2) is 0 Å². The van der Waals surface area contributed by atoms with Crippen LogP contribution in [-0.2, 0) is 4.43 Å². The molecule has 18 heavy (non-hydrogen) atoms. The van der Waals surface area contributed by atoms with Crippen LogP contribution < -0.4 is 5.32 Å². The van der Waals surface area contributed by atoms with Crippen LogP contribution in [0.5, 0.6) is 0 Å². The van der Waals surface area contributed by atoms with E-state index in [1.165, 1.54) is 0 Å². The van der Waals surface area contributed by atoms with Gasteiger partial charge in [0.05, 0.1) is 6.61 Å². The molecule has 3 nitrogen and oxygen atoms in total. The van der Waals surface area contributed by atoms with Gasteiger partial charge >= 0.3 is 0 Å². The maximum absolute atomic E-state index is 6.39. The van der Waals surface area contributed by atoms with E-state index in [2.05, 4.69) is 57.9 Å². The fourth-order valence-corrected chi connectivity index (χ4v) is 3.08. The van der Waals surface area contributed by atoms with Crippen molar-refractivity contribution in [3.63, 3.8) is 0 Å². The Morgan fingerprint density at radius 3 is 2.00 bits per heavy atom. The zero-order chi connectivity index (χ0) is 14.0. The zero-order valence-electron chi connectivity index (χ0n) is 13.4. The van der Waals surface area contributed by atoms with Gasteiger partial charge in [0.25, 0.3) is 0 Å². The summed E-state index contributed by atoms with van der Waals surface area (Å²) in [7, 11) is -1.62. The van der Waals surface area contributed by atoms with Crippen molar-refractivity contribution in [3.05, 3.63) is 0 Å². The number of rotatable bonds is 4. The molecule has 1 saturated heterocycles. The summed E-state index contributed by atoms with van der Waals surface area (Å²) in [6, 6.07) is 0. The van der Waals surface area contributed by atoms with Gasteiger partial charge in [0.15, 0.2) is 8.32 Å². The Morgan fingerprint density at radius 1 is 1.06 bits per heavy atom.